The van der Waals surface area contributed by atoms with E-state index < -0.39 is 63.7 Å². The van der Waals surface area contributed by atoms with Crippen LogP contribution in [0.2, 0.25) is 0 Å². The van der Waals surface area contributed by atoms with Crippen molar-refractivity contribution < 1.29 is 44.3 Å². The molecule has 0 saturated heterocycles. The summed E-state index contributed by atoms with van der Waals surface area (Å²) in [4.78, 5) is 0. The van der Waals surface area contributed by atoms with Gasteiger partial charge in [-0.05, 0) is 60.9 Å². The molecule has 0 unspecified atom stereocenters. The van der Waals surface area contributed by atoms with E-state index in [-0.39, 0.29) is 28.8 Å². The summed E-state index contributed by atoms with van der Waals surface area (Å²) in [5, 5.41) is 0. The quantitative estimate of drug-likeness (QED) is 0.0871. The van der Waals surface area contributed by atoms with Crippen LogP contribution < -0.4 is 4.74 Å². The first-order valence-electron chi connectivity index (χ1n) is 13.2. The van der Waals surface area contributed by atoms with Crippen molar-refractivity contribution in [2.75, 3.05) is 0 Å². The van der Waals surface area contributed by atoms with Gasteiger partial charge in [-0.2, -0.15) is 8.78 Å². The van der Waals surface area contributed by atoms with Crippen molar-refractivity contribution >= 4 is 0 Å². The number of unbranched alkanes of at least 4 members (excludes halogenated alkanes) is 2. The highest BCUT2D eigenvalue weighted by Gasteiger charge is 2.41. The maximum atomic E-state index is 14.6. The Hall–Kier alpha value is -4.83. The Morgan fingerprint density at radius 1 is 0.591 bits per heavy atom. The largest absolute Gasteiger partial charge is 0.432 e. The van der Waals surface area contributed by atoms with Crippen LogP contribution in [0.3, 0.4) is 0 Å². The summed E-state index contributed by atoms with van der Waals surface area (Å²) >= 11 is 0. The van der Waals surface area contributed by atoms with Gasteiger partial charge in [-0.1, -0.05) is 49.5 Å². The Balaban J connectivity index is 1.50. The van der Waals surface area contributed by atoms with E-state index in [2.05, 4.69) is 35.3 Å². The second-order valence-corrected chi connectivity index (χ2v) is 9.60. The van der Waals surface area contributed by atoms with E-state index in [1.165, 1.54) is 18.2 Å². The normalized spacial score (nSPS) is 11.0. The number of hydrogen-bond acceptors (Lipinski definition) is 1. The van der Waals surface area contributed by atoms with Gasteiger partial charge in [0.15, 0.2) is 17.5 Å². The van der Waals surface area contributed by atoms with Gasteiger partial charge < -0.3 is 4.74 Å². The number of rotatable bonds is 7. The van der Waals surface area contributed by atoms with Gasteiger partial charge in [-0.25, -0.2) is 30.7 Å². The summed E-state index contributed by atoms with van der Waals surface area (Å²) < 4.78 is 131. The summed E-state index contributed by atoms with van der Waals surface area (Å²) in [6, 6.07) is 9.40. The molecule has 0 N–H and O–H groups in total. The maximum absolute atomic E-state index is 14.6. The molecule has 1 nitrogen and oxygen atoms in total. The molecule has 0 spiro atoms. The van der Waals surface area contributed by atoms with Gasteiger partial charge in [-0.3, -0.25) is 0 Å². The van der Waals surface area contributed by atoms with E-state index in [0.717, 1.165) is 37.3 Å². The first kappa shape index (κ1) is 32.1. The zero-order chi connectivity index (χ0) is 32.0. The zero-order valence-electron chi connectivity index (χ0n) is 22.9. The molecule has 0 amide bonds. The second kappa shape index (κ2) is 13.6. The highest BCUT2D eigenvalue weighted by Crippen LogP contribution is 2.36. The van der Waals surface area contributed by atoms with Gasteiger partial charge >= 0.3 is 6.11 Å². The van der Waals surface area contributed by atoms with Crippen LogP contribution in [0.25, 0.3) is 0 Å². The Labute approximate surface area is 247 Å². The fourth-order valence-corrected chi connectivity index (χ4v) is 4.08. The molecular weight excluding hydrogens is 595 g/mol. The monoisotopic (exact) mass is 616 g/mol. The van der Waals surface area contributed by atoms with Crippen molar-refractivity contribution in [1.29, 1.82) is 0 Å². The Kier molecular flexibility index (Phi) is 9.95. The molecule has 0 aromatic heterocycles. The standard InChI is InChI=1S/C34H21F9O/c1-2-3-4-5-20-6-10-23(26(35)14-20)11-7-21-8-12-24(27(36)15-21)13-9-22-16-28(37)32(29(38)17-22)34(42,43)44-25-18-30(39)33(41)31(40)19-25/h6,8,10,12,14-19H,2-5H2,1H3. The van der Waals surface area contributed by atoms with Crippen LogP contribution in [-0.2, 0) is 12.5 Å². The highest BCUT2D eigenvalue weighted by atomic mass is 19.3. The molecule has 226 valence electrons. The van der Waals surface area contributed by atoms with Crippen LogP contribution in [-0.4, -0.2) is 0 Å². The van der Waals surface area contributed by atoms with Crippen LogP contribution in [0.4, 0.5) is 39.5 Å². The number of benzene rings is 4. The summed E-state index contributed by atoms with van der Waals surface area (Å²) in [5.74, 6) is -1.99. The molecule has 0 aliphatic rings. The van der Waals surface area contributed by atoms with E-state index in [1.54, 1.807) is 12.1 Å². The van der Waals surface area contributed by atoms with E-state index in [0.29, 0.717) is 12.1 Å². The highest BCUT2D eigenvalue weighted by molar-refractivity contribution is 5.49. The number of aryl methyl sites for hydroxylation is 1. The first-order chi connectivity index (χ1) is 20.9. The molecule has 0 fully saturated rings. The van der Waals surface area contributed by atoms with Crippen molar-refractivity contribution in [2.45, 2.75) is 38.7 Å². The lowest BCUT2D eigenvalue weighted by molar-refractivity contribution is -0.189. The molecule has 10 heteroatoms. The van der Waals surface area contributed by atoms with E-state index in [4.69, 9.17) is 0 Å². The van der Waals surface area contributed by atoms with Crippen LogP contribution in [0.1, 0.15) is 59.6 Å². The molecule has 4 aromatic rings. The third-order valence-corrected chi connectivity index (χ3v) is 6.29. The predicted octanol–water partition coefficient (Wildman–Crippen LogP) is 9.32. The number of ether oxygens (including phenoxy) is 1. The summed E-state index contributed by atoms with van der Waals surface area (Å²) in [6.07, 6.45) is -0.984. The smallest absolute Gasteiger partial charge is 0.429 e. The third-order valence-electron chi connectivity index (χ3n) is 6.29. The fraction of sp³-hybridized carbons (Fsp3) is 0.176. The lowest BCUT2D eigenvalue weighted by Crippen LogP contribution is -2.25. The van der Waals surface area contributed by atoms with Gasteiger partial charge in [0, 0.05) is 23.3 Å². The number of halogens is 9. The van der Waals surface area contributed by atoms with Crippen molar-refractivity contribution in [2.24, 2.45) is 0 Å². The van der Waals surface area contributed by atoms with Crippen LogP contribution >= 0.6 is 0 Å². The van der Waals surface area contributed by atoms with Gasteiger partial charge in [0.2, 0.25) is 0 Å². The minimum absolute atomic E-state index is 0.0815. The van der Waals surface area contributed by atoms with E-state index >= 15 is 0 Å². The van der Waals surface area contributed by atoms with Gasteiger partial charge in [0.1, 0.15) is 34.6 Å². The average molecular weight is 617 g/mol. The second-order valence-electron chi connectivity index (χ2n) is 9.60. The van der Waals surface area contributed by atoms with Crippen LogP contribution in [0, 0.1) is 64.4 Å². The predicted molar refractivity (Wildman–Crippen MR) is 145 cm³/mol. The third kappa shape index (κ3) is 7.76. The Bertz CT molecular complexity index is 1780. The molecule has 0 aliphatic heterocycles. The molecule has 4 aromatic carbocycles. The minimum Gasteiger partial charge on any atom is -0.429 e. The van der Waals surface area contributed by atoms with Crippen LogP contribution in [0.15, 0.2) is 60.7 Å². The number of hydrogen-bond donors (Lipinski definition) is 0. The molecule has 0 radical (unpaired) electrons. The van der Waals surface area contributed by atoms with Crippen LogP contribution in [0.5, 0.6) is 5.75 Å². The molecule has 4 rings (SSSR count). The van der Waals surface area contributed by atoms with Gasteiger partial charge in [0.25, 0.3) is 0 Å². The van der Waals surface area contributed by atoms with Crippen molar-refractivity contribution in [3.63, 3.8) is 0 Å². The molecular formula is C34H21F9O. The molecule has 0 atom stereocenters. The lowest BCUT2D eigenvalue weighted by Gasteiger charge is -2.19. The lowest BCUT2D eigenvalue weighted by atomic mass is 10.0. The molecule has 0 heterocycles. The maximum Gasteiger partial charge on any atom is 0.432 e. The minimum atomic E-state index is -4.76. The van der Waals surface area contributed by atoms with E-state index in [9.17, 15) is 39.5 Å². The molecule has 0 aliphatic carbocycles. The summed E-state index contributed by atoms with van der Waals surface area (Å²) in [6.45, 7) is 2.07. The van der Waals surface area contributed by atoms with Crippen molar-refractivity contribution in [1.82, 2.24) is 0 Å². The topological polar surface area (TPSA) is 9.23 Å². The van der Waals surface area contributed by atoms with Crippen molar-refractivity contribution in [3.05, 3.63) is 135 Å². The number of alkyl halides is 2. The Morgan fingerprint density at radius 2 is 1.14 bits per heavy atom. The SMILES string of the molecule is CCCCCc1ccc(C#Cc2ccc(C#Cc3cc(F)c(C(F)(F)Oc4cc(F)c(F)c(F)c4)c(F)c3)c(F)c2)c(F)c1. The van der Waals surface area contributed by atoms with Gasteiger partial charge in [0.05, 0.1) is 11.1 Å². The molecule has 44 heavy (non-hydrogen) atoms. The summed E-state index contributed by atoms with van der Waals surface area (Å²) in [5.41, 5.74) is -1.37. The first-order valence-corrected chi connectivity index (χ1v) is 13.2. The molecule has 0 saturated carbocycles. The molecule has 0 bridgehead atoms. The fourth-order valence-electron chi connectivity index (χ4n) is 4.08. The van der Waals surface area contributed by atoms with Gasteiger partial charge in [-0.15, -0.1) is 0 Å². The summed E-state index contributed by atoms with van der Waals surface area (Å²) in [7, 11) is 0. The average Bonchev–Trinajstić information content (AvgIpc) is 2.94. The zero-order valence-corrected chi connectivity index (χ0v) is 22.9. The van der Waals surface area contributed by atoms with Crippen molar-refractivity contribution in [3.8, 4) is 29.4 Å². The Morgan fingerprint density at radius 3 is 1.70 bits per heavy atom. The van der Waals surface area contributed by atoms with E-state index in [1.807, 2.05) is 0 Å².